The fourth-order valence-electron chi connectivity index (χ4n) is 1.67. The molecule has 1 aliphatic rings. The van der Waals surface area contributed by atoms with Crippen LogP contribution in [0.15, 0.2) is 40.6 Å². The molecule has 0 radical (unpaired) electrons. The normalized spacial score (nSPS) is 18.5. The molecule has 9 heteroatoms. The molecule has 116 valence electrons. The maximum absolute atomic E-state index is 12.4. The van der Waals surface area contributed by atoms with Crippen LogP contribution >= 0.6 is 11.8 Å². The second-order valence-corrected chi connectivity index (χ2v) is 5.36. The van der Waals surface area contributed by atoms with E-state index < -0.39 is 23.9 Å². The number of halogens is 3. The van der Waals surface area contributed by atoms with E-state index in [1.54, 1.807) is 6.07 Å². The van der Waals surface area contributed by atoms with Crippen molar-refractivity contribution in [2.24, 2.45) is 0 Å². The molecule has 1 atom stereocenters. The molecule has 0 fully saturated rings. The molecule has 0 aliphatic carbocycles. The van der Waals surface area contributed by atoms with E-state index in [1.807, 2.05) is 0 Å². The van der Waals surface area contributed by atoms with Crippen molar-refractivity contribution in [1.82, 2.24) is 10.6 Å². The Morgan fingerprint density at radius 2 is 1.95 bits per heavy atom. The highest BCUT2D eigenvalue weighted by Crippen LogP contribution is 2.31. The number of carbonyl (C=O) groups is 1. The van der Waals surface area contributed by atoms with Crippen molar-refractivity contribution in [2.75, 3.05) is 5.75 Å². The van der Waals surface area contributed by atoms with Gasteiger partial charge in [-0.25, -0.2) is 0 Å². The molecule has 0 bridgehead atoms. The maximum atomic E-state index is 12.4. The van der Waals surface area contributed by atoms with E-state index in [-0.39, 0.29) is 11.4 Å². The summed E-state index contributed by atoms with van der Waals surface area (Å²) < 4.78 is 37.3. The van der Waals surface area contributed by atoms with Gasteiger partial charge in [0.15, 0.2) is 0 Å². The van der Waals surface area contributed by atoms with Gasteiger partial charge in [0, 0.05) is 10.6 Å². The van der Waals surface area contributed by atoms with E-state index in [2.05, 4.69) is 10.6 Å². The van der Waals surface area contributed by atoms with Crippen LogP contribution in [0.1, 0.15) is 5.56 Å². The summed E-state index contributed by atoms with van der Waals surface area (Å²) in [6.07, 6.45) is -5.85. The summed E-state index contributed by atoms with van der Waals surface area (Å²) in [4.78, 5) is 11.8. The number of aliphatic hydroxyl groups excluding tert-OH is 1. The van der Waals surface area contributed by atoms with Crippen molar-refractivity contribution in [1.29, 1.82) is 5.26 Å². The van der Waals surface area contributed by atoms with Crippen LogP contribution in [0.3, 0.4) is 0 Å². The maximum Gasteiger partial charge on any atom is 0.416 e. The SMILES string of the molecule is N#CC1=C(CSc2ccc(C(F)(F)F)cc2)NC(O)C(=O)N1. The van der Waals surface area contributed by atoms with Crippen molar-refractivity contribution in [3.8, 4) is 6.07 Å². The lowest BCUT2D eigenvalue weighted by atomic mass is 10.2. The molecule has 0 saturated carbocycles. The molecule has 3 N–H and O–H groups in total. The third kappa shape index (κ3) is 3.72. The van der Waals surface area contributed by atoms with Crippen LogP contribution in [0.4, 0.5) is 13.2 Å². The van der Waals surface area contributed by atoms with Crippen LogP contribution in [-0.4, -0.2) is 23.0 Å². The summed E-state index contributed by atoms with van der Waals surface area (Å²) in [7, 11) is 0. The van der Waals surface area contributed by atoms with Gasteiger partial charge in [0.1, 0.15) is 11.8 Å². The molecule has 2 rings (SSSR count). The Hall–Kier alpha value is -2.18. The second-order valence-electron chi connectivity index (χ2n) is 4.31. The van der Waals surface area contributed by atoms with Crippen LogP contribution in [0.25, 0.3) is 0 Å². The van der Waals surface area contributed by atoms with Crippen LogP contribution in [0.5, 0.6) is 0 Å². The first-order valence-corrected chi connectivity index (χ1v) is 6.98. The van der Waals surface area contributed by atoms with Crippen molar-refractivity contribution in [3.05, 3.63) is 41.2 Å². The van der Waals surface area contributed by atoms with Crippen LogP contribution < -0.4 is 10.6 Å². The minimum atomic E-state index is -4.39. The smallest absolute Gasteiger partial charge is 0.366 e. The molecule has 1 heterocycles. The summed E-state index contributed by atoms with van der Waals surface area (Å²) in [6.45, 7) is 0. The Morgan fingerprint density at radius 3 is 2.50 bits per heavy atom. The van der Waals surface area contributed by atoms with Gasteiger partial charge in [-0.1, -0.05) is 0 Å². The number of allylic oxidation sites excluding steroid dienone is 1. The lowest BCUT2D eigenvalue weighted by molar-refractivity contribution is -0.137. The molecule has 22 heavy (non-hydrogen) atoms. The van der Waals surface area contributed by atoms with Gasteiger partial charge >= 0.3 is 6.18 Å². The Balaban J connectivity index is 2.06. The Bertz CT molecular complexity index is 650. The summed E-state index contributed by atoms with van der Waals surface area (Å²) >= 11 is 1.17. The number of hydrogen-bond donors (Lipinski definition) is 3. The summed E-state index contributed by atoms with van der Waals surface area (Å²) in [6, 6.07) is 6.35. The standard InChI is InChI=1S/C13H10F3N3O2S/c14-13(15,16)7-1-3-8(4-2-7)22-6-10-9(5-17)18-11(20)12(21)19-10/h1-4,12,19,21H,6H2,(H,18,20). The zero-order chi connectivity index (χ0) is 16.3. The largest absolute Gasteiger partial charge is 0.416 e. The van der Waals surface area contributed by atoms with Crippen molar-refractivity contribution < 1.29 is 23.1 Å². The van der Waals surface area contributed by atoms with Gasteiger partial charge in [-0.05, 0) is 24.3 Å². The van der Waals surface area contributed by atoms with E-state index >= 15 is 0 Å². The third-order valence-electron chi connectivity index (χ3n) is 2.79. The average Bonchev–Trinajstić information content (AvgIpc) is 2.47. The van der Waals surface area contributed by atoms with E-state index in [9.17, 15) is 23.1 Å². The zero-order valence-corrected chi connectivity index (χ0v) is 11.8. The summed E-state index contributed by atoms with van der Waals surface area (Å²) in [5.74, 6) is -0.550. The zero-order valence-electron chi connectivity index (χ0n) is 10.9. The van der Waals surface area contributed by atoms with E-state index in [4.69, 9.17) is 5.26 Å². The fraction of sp³-hybridized carbons (Fsp3) is 0.231. The van der Waals surface area contributed by atoms with Gasteiger partial charge < -0.3 is 15.7 Å². The molecule has 1 aromatic rings. The van der Waals surface area contributed by atoms with E-state index in [0.29, 0.717) is 10.6 Å². The number of nitriles is 1. The minimum Gasteiger partial charge on any atom is -0.366 e. The number of aliphatic hydroxyl groups is 1. The monoisotopic (exact) mass is 329 g/mol. The molecule has 1 amide bonds. The number of nitrogens with one attached hydrogen (secondary N) is 2. The topological polar surface area (TPSA) is 85.2 Å². The number of benzene rings is 1. The number of carbonyl (C=O) groups excluding carboxylic acids is 1. The quantitative estimate of drug-likeness (QED) is 0.733. The number of nitrogens with zero attached hydrogens (tertiary/aromatic N) is 1. The number of alkyl halides is 3. The molecule has 5 nitrogen and oxygen atoms in total. The molecule has 1 unspecified atom stereocenters. The number of rotatable bonds is 3. The first-order valence-electron chi connectivity index (χ1n) is 6.00. The lowest BCUT2D eigenvalue weighted by Gasteiger charge is -2.23. The number of amides is 1. The minimum absolute atomic E-state index is 0.0188. The average molecular weight is 329 g/mol. The number of hydrogen-bond acceptors (Lipinski definition) is 5. The van der Waals surface area contributed by atoms with Gasteiger partial charge in [-0.3, -0.25) is 4.79 Å². The molecular formula is C13H10F3N3O2S. The second kappa shape index (κ2) is 6.29. The van der Waals surface area contributed by atoms with Gasteiger partial charge in [0.25, 0.3) is 5.91 Å². The van der Waals surface area contributed by atoms with Crippen LogP contribution in [0.2, 0.25) is 0 Å². The third-order valence-corrected chi connectivity index (χ3v) is 3.82. The van der Waals surface area contributed by atoms with Gasteiger partial charge in [0.2, 0.25) is 6.23 Å². The van der Waals surface area contributed by atoms with Gasteiger partial charge in [-0.2, -0.15) is 18.4 Å². The first kappa shape index (κ1) is 16.2. The Kier molecular flexibility index (Phi) is 4.63. The van der Waals surface area contributed by atoms with Crippen LogP contribution in [0, 0.1) is 11.3 Å². The van der Waals surface area contributed by atoms with E-state index in [0.717, 1.165) is 12.1 Å². The Labute approximate surface area is 127 Å². The molecule has 0 saturated heterocycles. The summed E-state index contributed by atoms with van der Waals surface area (Å²) in [5, 5.41) is 23.0. The predicted octanol–water partition coefficient (Wildman–Crippen LogP) is 1.57. The molecule has 1 aromatic carbocycles. The van der Waals surface area contributed by atoms with Gasteiger partial charge in [-0.15, -0.1) is 11.8 Å². The highest BCUT2D eigenvalue weighted by molar-refractivity contribution is 7.99. The predicted molar refractivity (Wildman–Crippen MR) is 72.1 cm³/mol. The van der Waals surface area contributed by atoms with Crippen molar-refractivity contribution in [2.45, 2.75) is 17.3 Å². The van der Waals surface area contributed by atoms with Gasteiger partial charge in [0.05, 0.1) is 11.3 Å². The Morgan fingerprint density at radius 1 is 1.32 bits per heavy atom. The molecule has 1 aliphatic heterocycles. The summed E-state index contributed by atoms with van der Waals surface area (Å²) in [5.41, 5.74) is -0.457. The van der Waals surface area contributed by atoms with Crippen molar-refractivity contribution in [3.63, 3.8) is 0 Å². The molecule has 0 aromatic heterocycles. The highest BCUT2D eigenvalue weighted by Gasteiger charge is 2.30. The lowest BCUT2D eigenvalue weighted by Crippen LogP contribution is -2.49. The van der Waals surface area contributed by atoms with E-state index in [1.165, 1.54) is 23.9 Å². The fourth-order valence-corrected chi connectivity index (χ4v) is 2.54. The van der Waals surface area contributed by atoms with Crippen LogP contribution in [-0.2, 0) is 11.0 Å². The van der Waals surface area contributed by atoms with Crippen molar-refractivity contribution >= 4 is 17.7 Å². The highest BCUT2D eigenvalue weighted by atomic mass is 32.2. The number of thioether (sulfide) groups is 1. The first-order chi connectivity index (χ1) is 10.3. The molecular weight excluding hydrogens is 319 g/mol. The molecule has 0 spiro atoms.